The molecule has 4 aromatic rings. The lowest BCUT2D eigenvalue weighted by Crippen LogP contribution is -2.47. The third kappa shape index (κ3) is 4.17. The van der Waals surface area contributed by atoms with E-state index in [1.165, 1.54) is 0 Å². The number of aromatic amines is 1. The van der Waals surface area contributed by atoms with Crippen LogP contribution in [0.4, 0.5) is 5.69 Å². The number of primary amides is 1. The first-order valence-electron chi connectivity index (χ1n) is 13.4. The molecule has 202 valence electrons. The molecule has 0 spiro atoms. The number of amides is 3. The van der Waals surface area contributed by atoms with Crippen molar-refractivity contribution in [2.75, 3.05) is 38.5 Å². The quantitative estimate of drug-likeness (QED) is 0.355. The minimum atomic E-state index is -0.936. The second-order valence-corrected chi connectivity index (χ2v) is 10.9. The average molecular weight is 535 g/mol. The highest BCUT2D eigenvalue weighted by atomic mass is 16.2. The Morgan fingerprint density at radius 1 is 1.02 bits per heavy atom. The smallest absolute Gasteiger partial charge is 0.254 e. The number of benzene rings is 3. The Balaban J connectivity index is 1.45. The van der Waals surface area contributed by atoms with Crippen LogP contribution in [0.15, 0.2) is 48.5 Å². The molecule has 1 saturated carbocycles. The largest absolute Gasteiger partial charge is 0.366 e. The first-order chi connectivity index (χ1) is 19.2. The van der Waals surface area contributed by atoms with Crippen molar-refractivity contribution >= 4 is 45.2 Å². The molecule has 2 aliphatic rings. The Kier molecular flexibility index (Phi) is 6.08. The number of carbonyl (C=O) groups excluding carboxylic acids is 3. The number of fused-ring (bicyclic) bond motifs is 3. The molecule has 1 saturated heterocycles. The Morgan fingerprint density at radius 2 is 1.77 bits per heavy atom. The van der Waals surface area contributed by atoms with Gasteiger partial charge < -0.3 is 25.8 Å². The predicted molar refractivity (Wildman–Crippen MR) is 154 cm³/mol. The van der Waals surface area contributed by atoms with Crippen molar-refractivity contribution < 1.29 is 14.4 Å². The Morgan fingerprint density at radius 3 is 2.45 bits per heavy atom. The Bertz CT molecular complexity index is 1750. The summed E-state index contributed by atoms with van der Waals surface area (Å²) in [6.45, 7) is 4.95. The zero-order valence-electron chi connectivity index (χ0n) is 22.5. The Hall–Kier alpha value is -4.68. The molecule has 9 heteroatoms. The number of hydrogen-bond donors (Lipinski definition) is 3. The molecule has 1 aliphatic heterocycles. The van der Waals surface area contributed by atoms with Crippen LogP contribution in [0, 0.1) is 23.7 Å². The molecule has 0 unspecified atom stereocenters. The predicted octanol–water partition coefficient (Wildman–Crippen LogP) is 4.03. The van der Waals surface area contributed by atoms with Gasteiger partial charge in [0.25, 0.3) is 11.8 Å². The van der Waals surface area contributed by atoms with Crippen LogP contribution >= 0.6 is 0 Å². The minimum absolute atomic E-state index is 0.0194. The van der Waals surface area contributed by atoms with E-state index in [0.29, 0.717) is 48.3 Å². The number of piperazine rings is 1. The fraction of sp³-hybridized carbons (Fsp3) is 0.290. The van der Waals surface area contributed by atoms with E-state index in [2.05, 4.69) is 21.3 Å². The van der Waals surface area contributed by atoms with E-state index in [1.807, 2.05) is 61.3 Å². The highest BCUT2D eigenvalue weighted by molar-refractivity contribution is 6.20. The van der Waals surface area contributed by atoms with Crippen molar-refractivity contribution in [3.63, 3.8) is 0 Å². The van der Waals surface area contributed by atoms with Gasteiger partial charge in [-0.3, -0.25) is 14.4 Å². The zero-order chi connectivity index (χ0) is 28.2. The van der Waals surface area contributed by atoms with Crippen LogP contribution in [0.1, 0.15) is 39.1 Å². The second-order valence-electron chi connectivity index (χ2n) is 10.9. The second kappa shape index (κ2) is 9.50. The summed E-state index contributed by atoms with van der Waals surface area (Å²) in [6, 6.07) is 16.9. The lowest BCUT2D eigenvalue weighted by atomic mass is 9.93. The first-order valence-corrected chi connectivity index (χ1v) is 13.4. The normalized spacial score (nSPS) is 16.6. The van der Waals surface area contributed by atoms with Crippen LogP contribution in [0.3, 0.4) is 0 Å². The van der Waals surface area contributed by atoms with E-state index < -0.39 is 11.3 Å². The molecule has 2 heterocycles. The molecule has 0 bridgehead atoms. The van der Waals surface area contributed by atoms with E-state index in [4.69, 9.17) is 5.73 Å². The highest BCUT2D eigenvalue weighted by Crippen LogP contribution is 2.46. The van der Waals surface area contributed by atoms with Crippen LogP contribution < -0.4 is 11.1 Å². The van der Waals surface area contributed by atoms with Gasteiger partial charge in [-0.2, -0.15) is 5.26 Å². The van der Waals surface area contributed by atoms with Crippen LogP contribution in [0.2, 0.25) is 0 Å². The standard InChI is InChI=1S/C31H30N6O3/c1-18-20(4-3-5-24(18)35-30(40)31(17-32)10-11-31)21-8-9-23(28(33)38)27-26(21)22-7-6-19(16-25(22)34-27)29(39)37-14-12-36(2)13-15-37/h3-9,16,34H,10-15H2,1-2H3,(H2,33,38)(H,35,40). The number of aromatic nitrogens is 1. The molecule has 9 nitrogen and oxygen atoms in total. The number of H-pyrrole nitrogens is 1. The summed E-state index contributed by atoms with van der Waals surface area (Å²) in [5, 5.41) is 14.1. The molecule has 3 amide bonds. The van der Waals surface area contributed by atoms with Gasteiger partial charge in [0, 0.05) is 53.7 Å². The highest BCUT2D eigenvalue weighted by Gasteiger charge is 2.50. The maximum absolute atomic E-state index is 13.3. The summed E-state index contributed by atoms with van der Waals surface area (Å²) in [6.07, 6.45) is 1.13. The molecule has 1 aliphatic carbocycles. The summed E-state index contributed by atoms with van der Waals surface area (Å²) < 4.78 is 0. The van der Waals surface area contributed by atoms with E-state index in [1.54, 1.807) is 6.07 Å². The van der Waals surface area contributed by atoms with Crippen molar-refractivity contribution in [2.45, 2.75) is 19.8 Å². The third-order valence-electron chi connectivity index (χ3n) is 8.33. The number of carbonyl (C=O) groups is 3. The molecule has 1 aromatic heterocycles. The van der Waals surface area contributed by atoms with Gasteiger partial charge in [-0.25, -0.2) is 0 Å². The molecule has 2 fully saturated rings. The van der Waals surface area contributed by atoms with E-state index in [9.17, 15) is 19.6 Å². The number of nitriles is 1. The van der Waals surface area contributed by atoms with E-state index in [-0.39, 0.29) is 11.8 Å². The van der Waals surface area contributed by atoms with Gasteiger partial charge in [-0.15, -0.1) is 0 Å². The zero-order valence-corrected chi connectivity index (χ0v) is 22.5. The topological polar surface area (TPSA) is 135 Å². The van der Waals surface area contributed by atoms with Gasteiger partial charge in [0.05, 0.1) is 17.1 Å². The molecular weight excluding hydrogens is 504 g/mol. The van der Waals surface area contributed by atoms with Crippen molar-refractivity contribution in [1.82, 2.24) is 14.8 Å². The number of hydrogen-bond acceptors (Lipinski definition) is 5. The van der Waals surface area contributed by atoms with Gasteiger partial charge in [-0.1, -0.05) is 24.3 Å². The molecule has 6 rings (SSSR count). The van der Waals surface area contributed by atoms with Crippen molar-refractivity contribution in [2.24, 2.45) is 11.1 Å². The summed E-state index contributed by atoms with van der Waals surface area (Å²) in [7, 11) is 2.05. The van der Waals surface area contributed by atoms with Crippen molar-refractivity contribution in [3.05, 3.63) is 65.2 Å². The van der Waals surface area contributed by atoms with Gasteiger partial charge in [-0.05, 0) is 67.8 Å². The van der Waals surface area contributed by atoms with Crippen LogP contribution in [0.5, 0.6) is 0 Å². The summed E-state index contributed by atoms with van der Waals surface area (Å²) in [5.41, 5.74) is 10.3. The lowest BCUT2D eigenvalue weighted by Gasteiger charge is -2.32. The van der Waals surface area contributed by atoms with E-state index in [0.717, 1.165) is 46.1 Å². The van der Waals surface area contributed by atoms with Gasteiger partial charge in [0.2, 0.25) is 5.91 Å². The molecule has 3 aromatic carbocycles. The number of nitrogens with zero attached hydrogens (tertiary/aromatic N) is 3. The number of likely N-dealkylation sites (N-methyl/N-ethyl adjacent to an activating group) is 1. The fourth-order valence-electron chi connectivity index (χ4n) is 5.59. The molecule has 4 N–H and O–H groups in total. The lowest BCUT2D eigenvalue weighted by molar-refractivity contribution is -0.119. The maximum atomic E-state index is 13.3. The fourth-order valence-corrected chi connectivity index (χ4v) is 5.59. The first kappa shape index (κ1) is 25.6. The molecule has 40 heavy (non-hydrogen) atoms. The third-order valence-corrected chi connectivity index (χ3v) is 8.33. The number of anilines is 1. The summed E-state index contributed by atoms with van der Waals surface area (Å²) in [5.74, 6) is -0.857. The van der Waals surface area contributed by atoms with Gasteiger partial charge in [0.1, 0.15) is 5.41 Å². The van der Waals surface area contributed by atoms with E-state index >= 15 is 0 Å². The summed E-state index contributed by atoms with van der Waals surface area (Å²) in [4.78, 5) is 45.9. The van der Waals surface area contributed by atoms with Crippen molar-refractivity contribution in [3.8, 4) is 17.2 Å². The molecule has 0 atom stereocenters. The van der Waals surface area contributed by atoms with Crippen LogP contribution in [-0.4, -0.2) is 65.7 Å². The van der Waals surface area contributed by atoms with Gasteiger partial charge >= 0.3 is 0 Å². The summed E-state index contributed by atoms with van der Waals surface area (Å²) >= 11 is 0. The monoisotopic (exact) mass is 534 g/mol. The Labute approximate surface area is 231 Å². The van der Waals surface area contributed by atoms with Gasteiger partial charge in [0.15, 0.2) is 0 Å². The number of nitrogens with one attached hydrogen (secondary N) is 2. The van der Waals surface area contributed by atoms with Crippen LogP contribution in [0.25, 0.3) is 32.9 Å². The molecule has 0 radical (unpaired) electrons. The maximum Gasteiger partial charge on any atom is 0.254 e. The van der Waals surface area contributed by atoms with Crippen LogP contribution in [-0.2, 0) is 4.79 Å². The number of nitrogens with two attached hydrogens (primary N) is 1. The number of rotatable bonds is 5. The SMILES string of the molecule is Cc1c(NC(=O)C2(C#N)CC2)cccc1-c1ccc(C(N)=O)c2[nH]c3cc(C(=O)N4CCN(C)CC4)ccc3c12. The minimum Gasteiger partial charge on any atom is -0.366 e. The average Bonchev–Trinajstić information content (AvgIpc) is 3.67. The molecular formula is C31H30N6O3. The van der Waals surface area contributed by atoms with Crippen molar-refractivity contribution in [1.29, 1.82) is 5.26 Å².